The minimum Gasteiger partial charge on any atom is -0.407 e. The molecule has 0 saturated heterocycles. The normalized spacial score (nSPS) is 12.1. The van der Waals surface area contributed by atoms with Crippen LogP contribution < -0.4 is 15.9 Å². The van der Waals surface area contributed by atoms with Crippen LogP contribution in [0.4, 0.5) is 0 Å². The number of ether oxygens (including phenoxy) is 1. The zero-order valence-corrected chi connectivity index (χ0v) is 19.9. The van der Waals surface area contributed by atoms with Crippen LogP contribution in [0.5, 0.6) is 0 Å². The average molecular weight is 437 g/mol. The number of H-pyrrole nitrogens is 1. The number of nitrogens with zero attached hydrogens (tertiary/aromatic N) is 1. The summed E-state index contributed by atoms with van der Waals surface area (Å²) in [6.45, 7) is 10.0. The first-order valence-electron chi connectivity index (χ1n) is 10.7. The van der Waals surface area contributed by atoms with Crippen molar-refractivity contribution < 1.29 is 9.16 Å². The number of benzene rings is 2. The second-order valence-corrected chi connectivity index (χ2v) is 13.1. The SMILES string of the molecule is Cc1cc(=O)[nH]c(COCCCO[Si](c2ccccc2)(c2ccccc2)C(C)(C)C)n1. The van der Waals surface area contributed by atoms with Gasteiger partial charge in [-0.3, -0.25) is 4.79 Å². The van der Waals surface area contributed by atoms with Crippen LogP contribution in [-0.2, 0) is 15.8 Å². The van der Waals surface area contributed by atoms with Crippen molar-refractivity contribution in [1.29, 1.82) is 0 Å². The Morgan fingerprint density at radius 3 is 2.03 bits per heavy atom. The van der Waals surface area contributed by atoms with Crippen LogP contribution in [0.2, 0.25) is 5.04 Å². The van der Waals surface area contributed by atoms with Crippen molar-refractivity contribution in [3.05, 3.63) is 88.6 Å². The van der Waals surface area contributed by atoms with Gasteiger partial charge in [-0.2, -0.15) is 0 Å². The first-order valence-corrected chi connectivity index (χ1v) is 12.6. The third-order valence-corrected chi connectivity index (χ3v) is 10.4. The molecule has 3 aromatic rings. The average Bonchev–Trinajstić information content (AvgIpc) is 2.73. The molecular weight excluding hydrogens is 404 g/mol. The number of nitrogens with one attached hydrogen (secondary N) is 1. The maximum atomic E-state index is 11.6. The van der Waals surface area contributed by atoms with Crippen molar-refractivity contribution in [3.8, 4) is 0 Å². The third kappa shape index (κ3) is 5.58. The highest BCUT2D eigenvalue weighted by molar-refractivity contribution is 6.99. The molecular formula is C25H32N2O3Si. The molecule has 1 heterocycles. The molecule has 0 spiro atoms. The molecule has 0 radical (unpaired) electrons. The van der Waals surface area contributed by atoms with Crippen molar-refractivity contribution >= 4 is 18.7 Å². The standard InChI is InChI=1S/C25H32N2O3Si/c1-20-18-24(28)27-23(26-20)19-29-16-11-17-30-31(25(2,3)4,21-12-7-5-8-13-21)22-14-9-6-10-15-22/h5-10,12-15,18H,11,16-17,19H2,1-4H3,(H,26,27,28). The summed E-state index contributed by atoms with van der Waals surface area (Å²) in [6, 6.07) is 22.7. The van der Waals surface area contributed by atoms with E-state index < -0.39 is 8.32 Å². The quantitative estimate of drug-likeness (QED) is 0.411. The van der Waals surface area contributed by atoms with E-state index in [2.05, 4.69) is 79.3 Å². The molecule has 1 N–H and O–H groups in total. The summed E-state index contributed by atoms with van der Waals surface area (Å²) in [7, 11) is -2.50. The van der Waals surface area contributed by atoms with Crippen molar-refractivity contribution in [2.75, 3.05) is 13.2 Å². The van der Waals surface area contributed by atoms with Gasteiger partial charge < -0.3 is 14.1 Å². The fraction of sp³-hybridized carbons (Fsp3) is 0.360. The van der Waals surface area contributed by atoms with Crippen molar-refractivity contribution in [2.24, 2.45) is 0 Å². The topological polar surface area (TPSA) is 64.2 Å². The van der Waals surface area contributed by atoms with Crippen molar-refractivity contribution in [3.63, 3.8) is 0 Å². The number of rotatable bonds is 9. The summed E-state index contributed by atoms with van der Waals surface area (Å²) >= 11 is 0. The molecule has 0 fully saturated rings. The lowest BCUT2D eigenvalue weighted by Gasteiger charge is -2.43. The highest BCUT2D eigenvalue weighted by Crippen LogP contribution is 2.36. The minimum atomic E-state index is -2.50. The second-order valence-electron chi connectivity index (χ2n) is 8.75. The summed E-state index contributed by atoms with van der Waals surface area (Å²) in [6.07, 6.45) is 0.764. The lowest BCUT2D eigenvalue weighted by atomic mass is 10.2. The fourth-order valence-corrected chi connectivity index (χ4v) is 8.63. The van der Waals surface area contributed by atoms with Gasteiger partial charge in [-0.1, -0.05) is 81.4 Å². The van der Waals surface area contributed by atoms with E-state index in [9.17, 15) is 4.79 Å². The highest BCUT2D eigenvalue weighted by Gasteiger charge is 2.49. The first-order chi connectivity index (χ1) is 14.8. The molecule has 0 aliphatic carbocycles. The highest BCUT2D eigenvalue weighted by atomic mass is 28.4. The zero-order chi connectivity index (χ0) is 22.3. The van der Waals surface area contributed by atoms with E-state index in [0.29, 0.717) is 24.7 Å². The van der Waals surface area contributed by atoms with Crippen LogP contribution >= 0.6 is 0 Å². The Bertz CT molecular complexity index is 975. The van der Waals surface area contributed by atoms with Gasteiger partial charge in [-0.15, -0.1) is 0 Å². The molecule has 6 heteroatoms. The molecule has 5 nitrogen and oxygen atoms in total. The fourth-order valence-electron chi connectivity index (χ4n) is 4.03. The molecule has 0 saturated carbocycles. The molecule has 164 valence electrons. The summed E-state index contributed by atoms with van der Waals surface area (Å²) in [5.41, 5.74) is 0.540. The maximum Gasteiger partial charge on any atom is 0.261 e. The largest absolute Gasteiger partial charge is 0.407 e. The van der Waals surface area contributed by atoms with Gasteiger partial charge in [-0.25, -0.2) is 4.98 Å². The Morgan fingerprint density at radius 2 is 1.52 bits per heavy atom. The van der Waals surface area contributed by atoms with Crippen LogP contribution in [-0.4, -0.2) is 31.5 Å². The number of aromatic amines is 1. The first kappa shape index (κ1) is 23.1. The van der Waals surface area contributed by atoms with Crippen molar-refractivity contribution in [2.45, 2.75) is 45.8 Å². The van der Waals surface area contributed by atoms with E-state index in [0.717, 1.165) is 6.42 Å². The van der Waals surface area contributed by atoms with Gasteiger partial charge in [0, 0.05) is 25.0 Å². The molecule has 0 bridgehead atoms. The molecule has 0 aliphatic rings. The minimum absolute atomic E-state index is 0.0401. The number of aryl methyl sites for hydroxylation is 1. The number of hydrogen-bond acceptors (Lipinski definition) is 4. The molecule has 0 amide bonds. The molecule has 0 atom stereocenters. The zero-order valence-electron chi connectivity index (χ0n) is 18.9. The van der Waals surface area contributed by atoms with Crippen LogP contribution in [0, 0.1) is 6.92 Å². The van der Waals surface area contributed by atoms with Gasteiger partial charge in [0.1, 0.15) is 12.4 Å². The van der Waals surface area contributed by atoms with Crippen LogP contribution in [0.3, 0.4) is 0 Å². The van der Waals surface area contributed by atoms with Crippen LogP contribution in [0.1, 0.15) is 38.7 Å². The Morgan fingerprint density at radius 1 is 0.935 bits per heavy atom. The maximum absolute atomic E-state index is 11.6. The van der Waals surface area contributed by atoms with E-state index in [1.54, 1.807) is 6.92 Å². The van der Waals surface area contributed by atoms with Gasteiger partial charge in [0.2, 0.25) is 0 Å². The summed E-state index contributed by atoms with van der Waals surface area (Å²) in [4.78, 5) is 18.6. The summed E-state index contributed by atoms with van der Waals surface area (Å²) in [5.74, 6) is 0.554. The molecule has 2 aromatic carbocycles. The lowest BCUT2D eigenvalue weighted by Crippen LogP contribution is -2.66. The van der Waals surface area contributed by atoms with Crippen molar-refractivity contribution in [1.82, 2.24) is 9.97 Å². The van der Waals surface area contributed by atoms with Gasteiger partial charge in [-0.05, 0) is 28.8 Å². The lowest BCUT2D eigenvalue weighted by molar-refractivity contribution is 0.101. The monoisotopic (exact) mass is 436 g/mol. The molecule has 0 unspecified atom stereocenters. The number of hydrogen-bond donors (Lipinski definition) is 1. The Kier molecular flexibility index (Phi) is 7.59. The Labute approximate surface area is 185 Å². The van der Waals surface area contributed by atoms with E-state index >= 15 is 0 Å². The molecule has 1 aromatic heterocycles. The summed E-state index contributed by atoms with van der Waals surface area (Å²) in [5, 5.41) is 2.51. The second kappa shape index (κ2) is 10.2. The van der Waals surface area contributed by atoms with E-state index in [1.165, 1.54) is 16.4 Å². The van der Waals surface area contributed by atoms with E-state index in [1.807, 2.05) is 12.1 Å². The molecule has 0 aliphatic heterocycles. The van der Waals surface area contributed by atoms with E-state index in [-0.39, 0.29) is 17.2 Å². The Balaban J connectivity index is 1.70. The third-order valence-electron chi connectivity index (χ3n) is 5.33. The molecule has 31 heavy (non-hydrogen) atoms. The number of aromatic nitrogens is 2. The van der Waals surface area contributed by atoms with Gasteiger partial charge in [0.05, 0.1) is 0 Å². The summed E-state index contributed by atoms with van der Waals surface area (Å²) < 4.78 is 12.6. The van der Waals surface area contributed by atoms with Gasteiger partial charge >= 0.3 is 0 Å². The van der Waals surface area contributed by atoms with Gasteiger partial charge in [0.15, 0.2) is 0 Å². The van der Waals surface area contributed by atoms with Crippen LogP contribution in [0.25, 0.3) is 0 Å². The molecule has 3 rings (SSSR count). The Hall–Kier alpha value is -2.54. The van der Waals surface area contributed by atoms with Gasteiger partial charge in [0.25, 0.3) is 13.9 Å². The smallest absolute Gasteiger partial charge is 0.261 e. The van der Waals surface area contributed by atoms with E-state index in [4.69, 9.17) is 9.16 Å². The predicted molar refractivity (Wildman–Crippen MR) is 127 cm³/mol. The van der Waals surface area contributed by atoms with Crippen LogP contribution in [0.15, 0.2) is 71.5 Å². The predicted octanol–water partition coefficient (Wildman–Crippen LogP) is 3.56.